The summed E-state index contributed by atoms with van der Waals surface area (Å²) in [5.41, 5.74) is 0.144. The van der Waals surface area contributed by atoms with E-state index in [1.165, 1.54) is 11.1 Å². The molecule has 1 heterocycles. The van der Waals surface area contributed by atoms with E-state index >= 15 is 0 Å². The third-order valence-corrected chi connectivity index (χ3v) is 1.36. The van der Waals surface area contributed by atoms with Crippen molar-refractivity contribution >= 4 is 5.91 Å². The summed E-state index contributed by atoms with van der Waals surface area (Å²) in [6.45, 7) is 0.194. The maximum atomic E-state index is 11.2. The third kappa shape index (κ3) is 1.79. The van der Waals surface area contributed by atoms with E-state index in [1.807, 2.05) is 0 Å². The van der Waals surface area contributed by atoms with Crippen LogP contribution in [0.25, 0.3) is 0 Å². The van der Waals surface area contributed by atoms with Gasteiger partial charge in [0.15, 0.2) is 5.69 Å². The van der Waals surface area contributed by atoms with Gasteiger partial charge in [-0.2, -0.15) is 0 Å². The van der Waals surface area contributed by atoms with E-state index in [2.05, 4.69) is 14.9 Å². The number of aliphatic hydroxyl groups is 1. The van der Waals surface area contributed by atoms with E-state index in [4.69, 9.17) is 5.11 Å². The number of amides is 1. The molecule has 1 aromatic heterocycles. The van der Waals surface area contributed by atoms with Crippen LogP contribution in [0.3, 0.4) is 0 Å². The fraction of sp³-hybridized carbons (Fsp3) is 0.500. The molecule has 6 nitrogen and oxygen atoms in total. The fourth-order valence-electron chi connectivity index (χ4n) is 0.706. The third-order valence-electron chi connectivity index (χ3n) is 1.36. The number of aliphatic hydroxyl groups excluding tert-OH is 1. The van der Waals surface area contributed by atoms with Gasteiger partial charge in [0.05, 0.1) is 6.61 Å². The van der Waals surface area contributed by atoms with Gasteiger partial charge in [-0.25, -0.2) is 4.63 Å². The van der Waals surface area contributed by atoms with Crippen LogP contribution in [0, 0.1) is 0 Å². The van der Waals surface area contributed by atoms with Gasteiger partial charge >= 0.3 is 0 Å². The van der Waals surface area contributed by atoms with E-state index in [9.17, 15) is 4.79 Å². The Balaban J connectivity index is 2.59. The van der Waals surface area contributed by atoms with Gasteiger partial charge in [-0.05, 0) is 5.16 Å². The molecule has 0 saturated carbocycles. The molecule has 1 N–H and O–H groups in total. The lowest BCUT2D eigenvalue weighted by atomic mass is 10.4. The van der Waals surface area contributed by atoms with Crippen LogP contribution in [0.4, 0.5) is 0 Å². The quantitative estimate of drug-likeness (QED) is 0.639. The van der Waals surface area contributed by atoms with Crippen molar-refractivity contribution in [1.82, 2.24) is 15.2 Å². The molecular formula is C6H9N3O3. The average molecular weight is 171 g/mol. The molecule has 0 aliphatic heterocycles. The zero-order valence-corrected chi connectivity index (χ0v) is 6.60. The summed E-state index contributed by atoms with van der Waals surface area (Å²) in [4.78, 5) is 12.6. The first-order valence-electron chi connectivity index (χ1n) is 3.39. The lowest BCUT2D eigenvalue weighted by Crippen LogP contribution is -2.29. The fourth-order valence-corrected chi connectivity index (χ4v) is 0.706. The molecular weight excluding hydrogens is 162 g/mol. The van der Waals surface area contributed by atoms with Crippen molar-refractivity contribution in [3.05, 3.63) is 11.9 Å². The summed E-state index contributed by atoms with van der Waals surface area (Å²) in [5.74, 6) is -0.315. The summed E-state index contributed by atoms with van der Waals surface area (Å²) in [6.07, 6.45) is 1.23. The molecule has 1 rings (SSSR count). The van der Waals surface area contributed by atoms with Gasteiger partial charge in [-0.3, -0.25) is 4.79 Å². The van der Waals surface area contributed by atoms with E-state index in [-0.39, 0.29) is 24.8 Å². The molecule has 0 aliphatic carbocycles. The van der Waals surface area contributed by atoms with E-state index in [0.29, 0.717) is 0 Å². The highest BCUT2D eigenvalue weighted by molar-refractivity contribution is 5.91. The lowest BCUT2D eigenvalue weighted by Gasteiger charge is -2.12. The van der Waals surface area contributed by atoms with E-state index < -0.39 is 0 Å². The molecule has 1 aromatic rings. The highest BCUT2D eigenvalue weighted by Gasteiger charge is 2.14. The summed E-state index contributed by atoms with van der Waals surface area (Å²) in [6, 6.07) is 0. The zero-order chi connectivity index (χ0) is 8.97. The van der Waals surface area contributed by atoms with Crippen LogP contribution in [-0.4, -0.2) is 46.4 Å². The Hall–Kier alpha value is -1.43. The summed E-state index contributed by atoms with van der Waals surface area (Å²) >= 11 is 0. The van der Waals surface area contributed by atoms with Crippen LogP contribution in [-0.2, 0) is 0 Å². The largest absolute Gasteiger partial charge is 0.395 e. The number of likely N-dealkylation sites (N-methyl/N-ethyl adjacent to an activating group) is 1. The highest BCUT2D eigenvalue weighted by Crippen LogP contribution is 1.96. The van der Waals surface area contributed by atoms with Gasteiger partial charge < -0.3 is 10.0 Å². The number of carbonyl (C=O) groups excluding carboxylic acids is 1. The topological polar surface area (TPSA) is 79.5 Å². The van der Waals surface area contributed by atoms with Crippen LogP contribution in [0.15, 0.2) is 10.8 Å². The van der Waals surface area contributed by atoms with Gasteiger partial charge in [-0.15, -0.1) is 0 Å². The molecule has 0 radical (unpaired) electrons. The Labute approximate surface area is 68.7 Å². The number of aromatic nitrogens is 2. The first-order chi connectivity index (χ1) is 5.75. The van der Waals surface area contributed by atoms with Crippen LogP contribution in [0.1, 0.15) is 10.5 Å². The normalized spacial score (nSPS) is 9.83. The Morgan fingerprint density at radius 3 is 3.08 bits per heavy atom. The summed E-state index contributed by atoms with van der Waals surface area (Å²) in [5, 5.41) is 15.2. The smallest absolute Gasteiger partial charge is 0.277 e. The van der Waals surface area contributed by atoms with Crippen molar-refractivity contribution in [1.29, 1.82) is 0 Å². The Bertz CT molecular complexity index is 247. The number of carbonyl (C=O) groups is 1. The van der Waals surface area contributed by atoms with Crippen LogP contribution < -0.4 is 0 Å². The second kappa shape index (κ2) is 3.82. The second-order valence-electron chi connectivity index (χ2n) is 2.24. The Morgan fingerprint density at radius 2 is 2.58 bits per heavy atom. The number of hydrogen-bond acceptors (Lipinski definition) is 5. The minimum absolute atomic E-state index is 0.0759. The number of rotatable bonds is 3. The summed E-state index contributed by atoms with van der Waals surface area (Å²) in [7, 11) is 1.56. The van der Waals surface area contributed by atoms with Crippen molar-refractivity contribution in [3.8, 4) is 0 Å². The second-order valence-corrected chi connectivity index (χ2v) is 2.24. The molecule has 0 aliphatic rings. The standard InChI is InChI=1S/C6H9N3O3/c1-9(2-3-10)6(11)5-4-7-12-8-5/h4,10H,2-3H2,1H3. The summed E-state index contributed by atoms with van der Waals surface area (Å²) < 4.78 is 4.25. The first kappa shape index (κ1) is 8.66. The molecule has 0 saturated heterocycles. The van der Waals surface area contributed by atoms with Crippen molar-refractivity contribution < 1.29 is 14.5 Å². The van der Waals surface area contributed by atoms with Crippen molar-refractivity contribution in [2.24, 2.45) is 0 Å². The lowest BCUT2D eigenvalue weighted by molar-refractivity contribution is 0.0756. The van der Waals surface area contributed by atoms with Crippen molar-refractivity contribution in [2.75, 3.05) is 20.2 Å². The Kier molecular flexibility index (Phi) is 2.76. The first-order valence-corrected chi connectivity index (χ1v) is 3.39. The van der Waals surface area contributed by atoms with Gasteiger partial charge in [0, 0.05) is 13.6 Å². The predicted molar refractivity (Wildman–Crippen MR) is 38.3 cm³/mol. The van der Waals surface area contributed by atoms with E-state index in [1.54, 1.807) is 7.05 Å². The molecule has 0 bridgehead atoms. The average Bonchev–Trinajstić information content (AvgIpc) is 2.55. The minimum atomic E-state index is -0.315. The Morgan fingerprint density at radius 1 is 1.83 bits per heavy atom. The molecule has 0 fully saturated rings. The monoisotopic (exact) mass is 171 g/mol. The molecule has 0 spiro atoms. The maximum absolute atomic E-state index is 11.2. The molecule has 66 valence electrons. The van der Waals surface area contributed by atoms with Crippen LogP contribution in [0.2, 0.25) is 0 Å². The van der Waals surface area contributed by atoms with Crippen molar-refractivity contribution in [2.45, 2.75) is 0 Å². The number of nitrogens with zero attached hydrogens (tertiary/aromatic N) is 3. The molecule has 6 heteroatoms. The highest BCUT2D eigenvalue weighted by atomic mass is 16.6. The molecule has 0 unspecified atom stereocenters. The molecule has 0 aromatic carbocycles. The van der Waals surface area contributed by atoms with Gasteiger partial charge in [0.25, 0.3) is 5.91 Å². The molecule has 0 atom stereocenters. The van der Waals surface area contributed by atoms with Crippen LogP contribution >= 0.6 is 0 Å². The van der Waals surface area contributed by atoms with E-state index in [0.717, 1.165) is 0 Å². The number of hydrogen-bond donors (Lipinski definition) is 1. The SMILES string of the molecule is CN(CCO)C(=O)c1cnon1. The predicted octanol–water partition coefficient (Wildman–Crippen LogP) is -0.866. The maximum Gasteiger partial charge on any atom is 0.277 e. The minimum Gasteiger partial charge on any atom is -0.395 e. The zero-order valence-electron chi connectivity index (χ0n) is 6.60. The van der Waals surface area contributed by atoms with Gasteiger partial charge in [-0.1, -0.05) is 5.16 Å². The molecule has 12 heavy (non-hydrogen) atoms. The van der Waals surface area contributed by atoms with Gasteiger partial charge in [0.1, 0.15) is 6.20 Å². The van der Waals surface area contributed by atoms with Crippen molar-refractivity contribution in [3.63, 3.8) is 0 Å². The van der Waals surface area contributed by atoms with Crippen LogP contribution in [0.5, 0.6) is 0 Å². The molecule has 1 amide bonds. The van der Waals surface area contributed by atoms with Gasteiger partial charge in [0.2, 0.25) is 0 Å².